The predicted molar refractivity (Wildman–Crippen MR) is 67.0 cm³/mol. The highest BCUT2D eigenvalue weighted by Crippen LogP contribution is 2.30. The van der Waals surface area contributed by atoms with Crippen molar-refractivity contribution in [2.45, 2.75) is 6.18 Å². The van der Waals surface area contributed by atoms with Crippen LogP contribution in [0.3, 0.4) is 0 Å². The molecule has 5 nitrogen and oxygen atoms in total. The Morgan fingerprint density at radius 1 is 1.40 bits per heavy atom. The van der Waals surface area contributed by atoms with E-state index in [1.165, 1.54) is 23.0 Å². The van der Waals surface area contributed by atoms with Crippen LogP contribution in [0.15, 0.2) is 30.5 Å². The summed E-state index contributed by atoms with van der Waals surface area (Å²) in [4.78, 5) is 11.9. The first-order valence-corrected chi connectivity index (χ1v) is 5.55. The summed E-state index contributed by atoms with van der Waals surface area (Å²) in [7, 11) is 1.58. The first kappa shape index (κ1) is 13.9. The lowest BCUT2D eigenvalue weighted by molar-refractivity contribution is -0.137. The first-order valence-electron chi connectivity index (χ1n) is 5.55. The first-order chi connectivity index (χ1) is 9.27. The number of aryl methyl sites for hydroxylation is 1. The summed E-state index contributed by atoms with van der Waals surface area (Å²) in [6.07, 6.45) is -3.04. The second-order valence-corrected chi connectivity index (χ2v) is 4.14. The van der Waals surface area contributed by atoms with Crippen molar-refractivity contribution in [2.24, 2.45) is 7.05 Å². The lowest BCUT2D eigenvalue weighted by Gasteiger charge is -2.09. The molecule has 1 aromatic carbocycles. The van der Waals surface area contributed by atoms with Gasteiger partial charge in [0.15, 0.2) is 5.69 Å². The minimum absolute atomic E-state index is 0.0230. The van der Waals surface area contributed by atoms with E-state index in [4.69, 9.17) is 5.73 Å². The van der Waals surface area contributed by atoms with Crippen LogP contribution >= 0.6 is 0 Å². The number of anilines is 2. The van der Waals surface area contributed by atoms with E-state index in [1.54, 1.807) is 7.05 Å². The molecule has 1 aromatic heterocycles. The van der Waals surface area contributed by atoms with E-state index in [0.29, 0.717) is 0 Å². The molecule has 2 rings (SSSR count). The van der Waals surface area contributed by atoms with Gasteiger partial charge in [-0.2, -0.15) is 18.3 Å². The van der Waals surface area contributed by atoms with Gasteiger partial charge >= 0.3 is 6.18 Å². The molecule has 0 spiro atoms. The molecule has 0 aliphatic carbocycles. The molecule has 0 radical (unpaired) electrons. The van der Waals surface area contributed by atoms with Crippen molar-refractivity contribution in [1.82, 2.24) is 9.78 Å². The van der Waals surface area contributed by atoms with Gasteiger partial charge in [-0.25, -0.2) is 0 Å². The number of carbonyl (C=O) groups excluding carboxylic acids is 1. The number of alkyl halides is 3. The molecule has 0 fully saturated rings. The molecule has 0 bridgehead atoms. The van der Waals surface area contributed by atoms with Crippen LogP contribution in [-0.2, 0) is 13.2 Å². The maximum Gasteiger partial charge on any atom is 0.416 e. The number of halogens is 3. The topological polar surface area (TPSA) is 72.9 Å². The van der Waals surface area contributed by atoms with Crippen molar-refractivity contribution in [2.75, 3.05) is 11.1 Å². The molecule has 1 amide bonds. The van der Waals surface area contributed by atoms with Crippen LogP contribution in [0.4, 0.5) is 24.5 Å². The van der Waals surface area contributed by atoms with Gasteiger partial charge in [0.05, 0.1) is 11.3 Å². The summed E-state index contributed by atoms with van der Waals surface area (Å²) in [6, 6.07) is 4.33. The van der Waals surface area contributed by atoms with Crippen LogP contribution in [0.2, 0.25) is 0 Å². The van der Waals surface area contributed by atoms with Gasteiger partial charge in [-0.1, -0.05) is 6.07 Å². The molecule has 0 saturated carbocycles. The Hall–Kier alpha value is -2.51. The number of aromatic nitrogens is 2. The molecule has 0 aliphatic rings. The molecule has 20 heavy (non-hydrogen) atoms. The minimum atomic E-state index is -4.47. The third-order valence-electron chi connectivity index (χ3n) is 2.52. The molecule has 106 valence electrons. The fourth-order valence-electron chi connectivity index (χ4n) is 1.65. The number of nitrogens with two attached hydrogens (primary N) is 1. The number of carbonyl (C=O) groups is 1. The van der Waals surface area contributed by atoms with Crippen LogP contribution in [0.25, 0.3) is 0 Å². The number of nitrogen functional groups attached to an aromatic ring is 1. The number of hydrogen-bond donors (Lipinski definition) is 2. The van der Waals surface area contributed by atoms with E-state index < -0.39 is 17.6 Å². The number of nitrogens with one attached hydrogen (secondary N) is 1. The summed E-state index contributed by atoms with van der Waals surface area (Å²) in [5.41, 5.74) is 4.86. The average Bonchev–Trinajstić information content (AvgIpc) is 2.68. The Balaban J connectivity index is 2.22. The van der Waals surface area contributed by atoms with Gasteiger partial charge in [0, 0.05) is 18.9 Å². The van der Waals surface area contributed by atoms with Crippen LogP contribution in [0.5, 0.6) is 0 Å². The van der Waals surface area contributed by atoms with Gasteiger partial charge in [0.2, 0.25) is 0 Å². The number of rotatable bonds is 2. The van der Waals surface area contributed by atoms with E-state index in [2.05, 4.69) is 10.4 Å². The van der Waals surface area contributed by atoms with Crippen LogP contribution in [0, 0.1) is 0 Å². The van der Waals surface area contributed by atoms with E-state index >= 15 is 0 Å². The highest BCUT2D eigenvalue weighted by atomic mass is 19.4. The Labute approximate surface area is 112 Å². The van der Waals surface area contributed by atoms with Crippen molar-refractivity contribution in [3.63, 3.8) is 0 Å². The smallest absolute Gasteiger partial charge is 0.396 e. The number of nitrogens with zero attached hydrogens (tertiary/aromatic N) is 2. The summed E-state index contributed by atoms with van der Waals surface area (Å²) < 4.78 is 39.0. The van der Waals surface area contributed by atoms with Crippen molar-refractivity contribution < 1.29 is 18.0 Å². The van der Waals surface area contributed by atoms with E-state index in [1.807, 2.05) is 0 Å². The maximum absolute atomic E-state index is 12.5. The number of amides is 1. The van der Waals surface area contributed by atoms with Gasteiger partial charge in [-0.15, -0.1) is 0 Å². The van der Waals surface area contributed by atoms with E-state index in [-0.39, 0.29) is 17.1 Å². The highest BCUT2D eigenvalue weighted by molar-refractivity contribution is 6.06. The fourth-order valence-corrected chi connectivity index (χ4v) is 1.65. The summed E-state index contributed by atoms with van der Waals surface area (Å²) >= 11 is 0. The lowest BCUT2D eigenvalue weighted by Crippen LogP contribution is -2.15. The quantitative estimate of drug-likeness (QED) is 0.888. The van der Waals surface area contributed by atoms with E-state index in [9.17, 15) is 18.0 Å². The molecule has 0 unspecified atom stereocenters. The zero-order valence-corrected chi connectivity index (χ0v) is 10.4. The molecule has 8 heteroatoms. The highest BCUT2D eigenvalue weighted by Gasteiger charge is 2.30. The van der Waals surface area contributed by atoms with Crippen molar-refractivity contribution in [1.29, 1.82) is 0 Å². The molecule has 0 saturated heterocycles. The molecule has 0 atom stereocenters. The third-order valence-corrected chi connectivity index (χ3v) is 2.52. The summed E-state index contributed by atoms with van der Waals surface area (Å²) in [5, 5.41) is 6.16. The zero-order valence-electron chi connectivity index (χ0n) is 10.4. The summed E-state index contributed by atoms with van der Waals surface area (Å²) in [5.74, 6) is -0.664. The second kappa shape index (κ2) is 4.87. The SMILES string of the molecule is Cn1cc(N)c(C(=O)Nc2cccc(C(F)(F)F)c2)n1. The van der Waals surface area contributed by atoms with Crippen molar-refractivity contribution in [3.05, 3.63) is 41.7 Å². The number of benzene rings is 1. The zero-order chi connectivity index (χ0) is 14.9. The molecule has 1 heterocycles. The Bertz CT molecular complexity index is 648. The van der Waals surface area contributed by atoms with Crippen LogP contribution < -0.4 is 11.1 Å². The van der Waals surface area contributed by atoms with Gasteiger partial charge in [-0.3, -0.25) is 9.48 Å². The average molecular weight is 284 g/mol. The Kier molecular flexibility index (Phi) is 3.39. The van der Waals surface area contributed by atoms with Gasteiger partial charge < -0.3 is 11.1 Å². The largest absolute Gasteiger partial charge is 0.416 e. The molecule has 3 N–H and O–H groups in total. The lowest BCUT2D eigenvalue weighted by atomic mass is 10.2. The minimum Gasteiger partial charge on any atom is -0.396 e. The standard InChI is InChI=1S/C12H11F3N4O/c1-19-6-9(16)10(18-19)11(20)17-8-4-2-3-7(5-8)12(13,14)15/h2-6H,16H2,1H3,(H,17,20). The van der Waals surface area contributed by atoms with Gasteiger partial charge in [-0.05, 0) is 18.2 Å². The molecule has 2 aromatic rings. The van der Waals surface area contributed by atoms with Gasteiger partial charge in [0.1, 0.15) is 0 Å². The molecular weight excluding hydrogens is 273 g/mol. The molecule has 0 aliphatic heterocycles. The Morgan fingerprint density at radius 3 is 2.65 bits per heavy atom. The van der Waals surface area contributed by atoms with Crippen LogP contribution in [-0.4, -0.2) is 15.7 Å². The summed E-state index contributed by atoms with van der Waals surface area (Å²) in [6.45, 7) is 0. The van der Waals surface area contributed by atoms with Gasteiger partial charge in [0.25, 0.3) is 5.91 Å². The van der Waals surface area contributed by atoms with E-state index in [0.717, 1.165) is 12.1 Å². The number of hydrogen-bond acceptors (Lipinski definition) is 3. The van der Waals surface area contributed by atoms with Crippen molar-refractivity contribution in [3.8, 4) is 0 Å². The predicted octanol–water partition coefficient (Wildman–Crippen LogP) is 2.27. The third kappa shape index (κ3) is 2.90. The maximum atomic E-state index is 12.5. The molecular formula is C12H11F3N4O. The van der Waals surface area contributed by atoms with Crippen LogP contribution in [0.1, 0.15) is 16.1 Å². The second-order valence-electron chi connectivity index (χ2n) is 4.14. The fraction of sp³-hybridized carbons (Fsp3) is 0.167. The monoisotopic (exact) mass is 284 g/mol. The normalized spacial score (nSPS) is 11.4. The Morgan fingerprint density at radius 2 is 2.10 bits per heavy atom. The van der Waals surface area contributed by atoms with Crippen molar-refractivity contribution >= 4 is 17.3 Å².